The topological polar surface area (TPSA) is 49.9 Å². The van der Waals surface area contributed by atoms with Gasteiger partial charge in [-0.3, -0.25) is 9.21 Å². The largest absolute Gasteiger partial charge is 0.374 e. The number of alkyl halides is 2. The number of sulfonamides is 1. The maximum Gasteiger partial charge on any atom is 0.261 e. The molecule has 0 saturated heterocycles. The van der Waals surface area contributed by atoms with E-state index in [0.29, 0.717) is 31.9 Å². The van der Waals surface area contributed by atoms with E-state index in [0.717, 1.165) is 5.56 Å². The van der Waals surface area contributed by atoms with Gasteiger partial charge in [-0.25, -0.2) is 17.2 Å². The second-order valence-corrected chi connectivity index (χ2v) is 7.11. The fourth-order valence-corrected chi connectivity index (χ4v) is 3.41. The van der Waals surface area contributed by atoms with Crippen molar-refractivity contribution >= 4 is 15.7 Å². The highest BCUT2D eigenvalue weighted by Crippen LogP contribution is 2.26. The summed E-state index contributed by atoms with van der Waals surface area (Å²) in [4.78, 5) is 2.01. The number of hydrogen-bond acceptors (Lipinski definition) is 4. The third-order valence-corrected chi connectivity index (χ3v) is 4.65. The standard InChI is InChI=1S/C14H20F2N2O3S/c1-22(19,20)18-7-6-17(8-9-21-11-14(15)16)10-12-4-2-3-5-13(12)18/h2-5,14H,6-11H2,1H3. The average Bonchev–Trinajstić information content (AvgIpc) is 2.62. The lowest BCUT2D eigenvalue weighted by atomic mass is 10.2. The molecule has 1 aromatic carbocycles. The highest BCUT2D eigenvalue weighted by Gasteiger charge is 2.25. The molecule has 0 unspecified atom stereocenters. The predicted molar refractivity (Wildman–Crippen MR) is 80.7 cm³/mol. The van der Waals surface area contributed by atoms with E-state index in [1.807, 2.05) is 17.0 Å². The molecule has 1 aliphatic rings. The van der Waals surface area contributed by atoms with Crippen LogP contribution in [0.15, 0.2) is 24.3 Å². The molecule has 0 spiro atoms. The van der Waals surface area contributed by atoms with Crippen LogP contribution in [0.2, 0.25) is 0 Å². The Labute approximate surface area is 129 Å². The lowest BCUT2D eigenvalue weighted by Gasteiger charge is -2.22. The minimum Gasteiger partial charge on any atom is -0.374 e. The Balaban J connectivity index is 2.06. The van der Waals surface area contributed by atoms with Gasteiger partial charge in [0.05, 0.1) is 18.6 Å². The quantitative estimate of drug-likeness (QED) is 0.741. The smallest absolute Gasteiger partial charge is 0.261 e. The van der Waals surface area contributed by atoms with E-state index in [1.165, 1.54) is 10.6 Å². The predicted octanol–water partition coefficient (Wildman–Crippen LogP) is 1.55. The molecule has 0 saturated carbocycles. The number of para-hydroxylation sites is 1. The summed E-state index contributed by atoms with van der Waals surface area (Å²) in [6.45, 7) is 1.55. The van der Waals surface area contributed by atoms with Crippen LogP contribution in [0, 0.1) is 0 Å². The molecule has 5 nitrogen and oxygen atoms in total. The van der Waals surface area contributed by atoms with Crippen molar-refractivity contribution in [3.8, 4) is 0 Å². The molecule has 0 fully saturated rings. The molecule has 1 aliphatic heterocycles. The van der Waals surface area contributed by atoms with Gasteiger partial charge in [0.25, 0.3) is 6.43 Å². The molecular weight excluding hydrogens is 314 g/mol. The lowest BCUT2D eigenvalue weighted by molar-refractivity contribution is 0.00951. The van der Waals surface area contributed by atoms with Crippen LogP contribution in [0.5, 0.6) is 0 Å². The van der Waals surface area contributed by atoms with E-state index in [2.05, 4.69) is 0 Å². The van der Waals surface area contributed by atoms with Gasteiger partial charge >= 0.3 is 0 Å². The average molecular weight is 334 g/mol. The number of fused-ring (bicyclic) bond motifs is 1. The summed E-state index contributed by atoms with van der Waals surface area (Å²) in [6.07, 6.45) is -1.28. The fourth-order valence-electron chi connectivity index (χ4n) is 2.46. The van der Waals surface area contributed by atoms with Gasteiger partial charge in [0.15, 0.2) is 0 Å². The summed E-state index contributed by atoms with van der Waals surface area (Å²) in [5.74, 6) is 0. The summed E-state index contributed by atoms with van der Waals surface area (Å²) in [7, 11) is -3.35. The molecule has 0 radical (unpaired) electrons. The zero-order chi connectivity index (χ0) is 16.2. The van der Waals surface area contributed by atoms with Crippen molar-refractivity contribution in [2.45, 2.75) is 13.0 Å². The molecule has 124 valence electrons. The maximum absolute atomic E-state index is 12.0. The van der Waals surface area contributed by atoms with Crippen LogP contribution in [-0.2, 0) is 21.3 Å². The van der Waals surface area contributed by atoms with E-state index < -0.39 is 23.1 Å². The van der Waals surface area contributed by atoms with Gasteiger partial charge in [0.2, 0.25) is 10.0 Å². The van der Waals surface area contributed by atoms with Crippen molar-refractivity contribution in [3.63, 3.8) is 0 Å². The van der Waals surface area contributed by atoms with E-state index in [4.69, 9.17) is 4.74 Å². The van der Waals surface area contributed by atoms with Gasteiger partial charge in [-0.05, 0) is 11.6 Å². The van der Waals surface area contributed by atoms with Gasteiger partial charge in [-0.2, -0.15) is 0 Å². The van der Waals surface area contributed by atoms with E-state index in [1.54, 1.807) is 12.1 Å². The Morgan fingerprint density at radius 3 is 2.68 bits per heavy atom. The number of hydrogen-bond donors (Lipinski definition) is 0. The van der Waals surface area contributed by atoms with Crippen LogP contribution in [0.3, 0.4) is 0 Å². The minimum atomic E-state index is -3.35. The molecule has 0 amide bonds. The normalized spacial score (nSPS) is 16.6. The highest BCUT2D eigenvalue weighted by atomic mass is 32.2. The molecule has 0 aromatic heterocycles. The zero-order valence-electron chi connectivity index (χ0n) is 12.4. The molecule has 0 atom stereocenters. The van der Waals surface area contributed by atoms with Crippen molar-refractivity contribution in [2.75, 3.05) is 43.4 Å². The third-order valence-electron chi connectivity index (χ3n) is 3.47. The Hall–Kier alpha value is -1.25. The zero-order valence-corrected chi connectivity index (χ0v) is 13.2. The Kier molecular flexibility index (Phi) is 5.71. The Morgan fingerprint density at radius 1 is 1.27 bits per heavy atom. The summed E-state index contributed by atoms with van der Waals surface area (Å²) >= 11 is 0. The molecule has 1 heterocycles. The van der Waals surface area contributed by atoms with Crippen LogP contribution in [-0.4, -0.2) is 58.8 Å². The summed E-state index contributed by atoms with van der Waals surface area (Å²) in [6, 6.07) is 7.33. The SMILES string of the molecule is CS(=O)(=O)N1CCN(CCOCC(F)F)Cc2ccccc21. The van der Waals surface area contributed by atoms with Crippen molar-refractivity contribution in [3.05, 3.63) is 29.8 Å². The number of nitrogens with zero attached hydrogens (tertiary/aromatic N) is 2. The summed E-state index contributed by atoms with van der Waals surface area (Å²) < 4.78 is 54.2. The second-order valence-electron chi connectivity index (χ2n) is 5.21. The Morgan fingerprint density at radius 2 is 2.00 bits per heavy atom. The molecule has 1 aromatic rings. The molecule has 2 rings (SSSR count). The highest BCUT2D eigenvalue weighted by molar-refractivity contribution is 7.92. The van der Waals surface area contributed by atoms with Crippen LogP contribution < -0.4 is 4.31 Å². The van der Waals surface area contributed by atoms with E-state index in [9.17, 15) is 17.2 Å². The van der Waals surface area contributed by atoms with E-state index >= 15 is 0 Å². The monoisotopic (exact) mass is 334 g/mol. The van der Waals surface area contributed by atoms with Crippen molar-refractivity contribution in [1.82, 2.24) is 4.90 Å². The summed E-state index contributed by atoms with van der Waals surface area (Å²) in [5, 5.41) is 0. The number of benzene rings is 1. The van der Waals surface area contributed by atoms with Crippen LogP contribution in [0.1, 0.15) is 5.56 Å². The van der Waals surface area contributed by atoms with Crippen molar-refractivity contribution in [2.24, 2.45) is 0 Å². The van der Waals surface area contributed by atoms with Crippen LogP contribution in [0.4, 0.5) is 14.5 Å². The van der Waals surface area contributed by atoms with Crippen molar-refractivity contribution in [1.29, 1.82) is 0 Å². The first-order chi connectivity index (χ1) is 10.4. The molecule has 0 bridgehead atoms. The van der Waals surface area contributed by atoms with Gasteiger partial charge < -0.3 is 4.74 Å². The molecule has 0 aliphatic carbocycles. The number of rotatable bonds is 6. The second kappa shape index (κ2) is 7.34. The first kappa shape index (κ1) is 17.1. The van der Waals surface area contributed by atoms with Crippen molar-refractivity contribution < 1.29 is 21.9 Å². The summed E-state index contributed by atoms with van der Waals surface area (Å²) in [5.41, 5.74) is 1.58. The number of halogens is 2. The minimum absolute atomic E-state index is 0.200. The van der Waals surface area contributed by atoms with Crippen LogP contribution in [0.25, 0.3) is 0 Å². The Bertz CT molecular complexity index is 596. The number of ether oxygens (including phenoxy) is 1. The molecule has 22 heavy (non-hydrogen) atoms. The molecule has 0 N–H and O–H groups in total. The van der Waals surface area contributed by atoms with Gasteiger partial charge in [-0.1, -0.05) is 18.2 Å². The lowest BCUT2D eigenvalue weighted by Crippen LogP contribution is -2.36. The van der Waals surface area contributed by atoms with Crippen LogP contribution >= 0.6 is 0 Å². The first-order valence-corrected chi connectivity index (χ1v) is 8.86. The van der Waals surface area contributed by atoms with E-state index in [-0.39, 0.29) is 6.61 Å². The first-order valence-electron chi connectivity index (χ1n) is 7.02. The number of anilines is 1. The third kappa shape index (κ3) is 4.62. The van der Waals surface area contributed by atoms with Gasteiger partial charge in [0.1, 0.15) is 6.61 Å². The molecular formula is C14H20F2N2O3S. The molecule has 8 heteroatoms. The van der Waals surface area contributed by atoms with Gasteiger partial charge in [0, 0.05) is 26.2 Å². The fraction of sp³-hybridized carbons (Fsp3) is 0.571. The van der Waals surface area contributed by atoms with Gasteiger partial charge in [-0.15, -0.1) is 0 Å². The maximum atomic E-state index is 12.0.